The number of nitrogens with two attached hydrogens (primary N) is 1. The molecule has 0 aromatic heterocycles. The van der Waals surface area contributed by atoms with Crippen molar-refractivity contribution in [2.24, 2.45) is 0 Å². The van der Waals surface area contributed by atoms with Crippen LogP contribution < -0.4 is 10.5 Å². The monoisotopic (exact) mass is 303 g/mol. The topological polar surface area (TPSA) is 35.2 Å². The Balaban J connectivity index is 0.00000200. The molecule has 0 amide bonds. The van der Waals surface area contributed by atoms with Crippen LogP contribution in [-0.2, 0) is 12.8 Å². The number of hydrogen-bond donors (Lipinski definition) is 1. The molecule has 0 atom stereocenters. The number of anilines is 1. The molecule has 0 fully saturated rings. The van der Waals surface area contributed by atoms with Crippen molar-refractivity contribution in [3.05, 3.63) is 59.7 Å². The van der Waals surface area contributed by atoms with Crippen molar-refractivity contribution >= 4 is 18.1 Å². The van der Waals surface area contributed by atoms with Gasteiger partial charge >= 0.3 is 6.18 Å². The second kappa shape index (κ2) is 6.52. The van der Waals surface area contributed by atoms with Gasteiger partial charge in [-0.15, -0.1) is 12.4 Å². The zero-order chi connectivity index (χ0) is 13.9. The highest BCUT2D eigenvalue weighted by Gasteiger charge is 2.34. The quantitative estimate of drug-likeness (QED) is 0.859. The van der Waals surface area contributed by atoms with E-state index in [1.807, 2.05) is 6.07 Å². The van der Waals surface area contributed by atoms with Crippen LogP contribution in [0.4, 0.5) is 18.9 Å². The number of ether oxygens (including phenoxy) is 1. The predicted octanol–water partition coefficient (Wildman–Crippen LogP) is 4.29. The molecule has 0 bridgehead atoms. The van der Waals surface area contributed by atoms with Gasteiger partial charge in [-0.25, -0.2) is 0 Å². The first-order chi connectivity index (χ1) is 8.97. The molecule has 0 aliphatic heterocycles. The van der Waals surface area contributed by atoms with E-state index in [9.17, 15) is 13.2 Å². The Morgan fingerprint density at radius 3 is 2.25 bits per heavy atom. The van der Waals surface area contributed by atoms with E-state index in [4.69, 9.17) is 10.5 Å². The van der Waals surface area contributed by atoms with E-state index in [0.717, 1.165) is 11.6 Å². The maximum atomic E-state index is 12.8. The highest BCUT2D eigenvalue weighted by molar-refractivity contribution is 5.85. The van der Waals surface area contributed by atoms with Crippen molar-refractivity contribution in [2.75, 3.05) is 5.73 Å². The van der Waals surface area contributed by atoms with Crippen molar-refractivity contribution in [1.82, 2.24) is 0 Å². The summed E-state index contributed by atoms with van der Waals surface area (Å²) in [6, 6.07) is 12.5. The van der Waals surface area contributed by atoms with Crippen molar-refractivity contribution < 1.29 is 17.9 Å². The number of alkyl halides is 3. The summed E-state index contributed by atoms with van der Waals surface area (Å²) in [6.07, 6.45) is -4.48. The Morgan fingerprint density at radius 2 is 1.65 bits per heavy atom. The summed E-state index contributed by atoms with van der Waals surface area (Å²) in [5.41, 5.74) is 5.37. The standard InChI is InChI=1S/C14H12F3NO.ClH/c15-14(16,17)12-8-11(18)6-7-13(12)19-9-10-4-2-1-3-5-10;/h1-8H,9,18H2;1H. The normalized spacial score (nSPS) is 10.8. The molecule has 0 saturated heterocycles. The van der Waals surface area contributed by atoms with Crippen LogP contribution in [0.25, 0.3) is 0 Å². The number of nitrogen functional groups attached to an aromatic ring is 1. The lowest BCUT2D eigenvalue weighted by molar-refractivity contribution is -0.139. The van der Waals surface area contributed by atoms with Gasteiger partial charge in [-0.3, -0.25) is 0 Å². The average molecular weight is 304 g/mol. The van der Waals surface area contributed by atoms with Crippen molar-refractivity contribution in [3.8, 4) is 5.75 Å². The molecule has 2 aromatic rings. The lowest BCUT2D eigenvalue weighted by Gasteiger charge is -2.14. The van der Waals surface area contributed by atoms with Gasteiger partial charge in [0, 0.05) is 5.69 Å². The molecule has 2 N–H and O–H groups in total. The van der Waals surface area contributed by atoms with Gasteiger partial charge in [0.1, 0.15) is 12.4 Å². The van der Waals surface area contributed by atoms with E-state index in [1.165, 1.54) is 12.1 Å². The lowest BCUT2D eigenvalue weighted by atomic mass is 10.1. The molecule has 0 spiro atoms. The highest BCUT2D eigenvalue weighted by atomic mass is 35.5. The summed E-state index contributed by atoms with van der Waals surface area (Å²) < 4.78 is 43.7. The largest absolute Gasteiger partial charge is 0.488 e. The molecule has 0 radical (unpaired) electrons. The first-order valence-corrected chi connectivity index (χ1v) is 5.60. The molecular formula is C14H13ClF3NO. The van der Waals surface area contributed by atoms with Gasteiger partial charge in [-0.05, 0) is 23.8 Å². The maximum Gasteiger partial charge on any atom is 0.420 e. The van der Waals surface area contributed by atoms with Crippen molar-refractivity contribution in [2.45, 2.75) is 12.8 Å². The number of halogens is 4. The smallest absolute Gasteiger partial charge is 0.420 e. The Labute approximate surface area is 120 Å². The third-order valence-electron chi connectivity index (χ3n) is 2.55. The third-order valence-corrected chi connectivity index (χ3v) is 2.55. The highest BCUT2D eigenvalue weighted by Crippen LogP contribution is 2.37. The Bertz CT molecular complexity index is 558. The fourth-order valence-electron chi connectivity index (χ4n) is 1.63. The van der Waals surface area contributed by atoms with Crippen LogP contribution in [0.15, 0.2) is 48.5 Å². The maximum absolute atomic E-state index is 12.8. The molecular weight excluding hydrogens is 291 g/mol. The predicted molar refractivity (Wildman–Crippen MR) is 73.9 cm³/mol. The SMILES string of the molecule is Cl.Nc1ccc(OCc2ccccc2)c(C(F)(F)F)c1. The molecule has 2 nitrogen and oxygen atoms in total. The minimum atomic E-state index is -4.48. The molecule has 6 heteroatoms. The van der Waals surface area contributed by atoms with Crippen LogP contribution in [0.2, 0.25) is 0 Å². The minimum Gasteiger partial charge on any atom is -0.488 e. The first kappa shape index (κ1) is 16.2. The van der Waals surface area contributed by atoms with Crippen LogP contribution in [0, 0.1) is 0 Å². The fraction of sp³-hybridized carbons (Fsp3) is 0.143. The summed E-state index contributed by atoms with van der Waals surface area (Å²) in [7, 11) is 0. The van der Waals surface area contributed by atoms with Gasteiger partial charge < -0.3 is 10.5 Å². The van der Waals surface area contributed by atoms with Crippen LogP contribution in [0.3, 0.4) is 0 Å². The van der Waals surface area contributed by atoms with Gasteiger partial charge in [0.05, 0.1) is 5.56 Å². The molecule has 0 saturated carbocycles. The van der Waals surface area contributed by atoms with Crippen molar-refractivity contribution in [3.63, 3.8) is 0 Å². The van der Waals surface area contributed by atoms with Crippen LogP contribution >= 0.6 is 12.4 Å². The average Bonchev–Trinajstić information content (AvgIpc) is 2.37. The second-order valence-electron chi connectivity index (χ2n) is 4.03. The van der Waals surface area contributed by atoms with E-state index in [2.05, 4.69) is 0 Å². The minimum absolute atomic E-state index is 0. The van der Waals surface area contributed by atoms with Crippen LogP contribution in [0.5, 0.6) is 5.75 Å². The summed E-state index contributed by atoms with van der Waals surface area (Å²) in [6.45, 7) is 0.0772. The number of hydrogen-bond acceptors (Lipinski definition) is 2. The molecule has 20 heavy (non-hydrogen) atoms. The molecule has 0 aliphatic rings. The molecule has 2 aromatic carbocycles. The van der Waals surface area contributed by atoms with Gasteiger partial charge in [-0.1, -0.05) is 30.3 Å². The third kappa shape index (κ3) is 4.06. The molecule has 0 unspecified atom stereocenters. The van der Waals surface area contributed by atoms with Crippen LogP contribution in [0.1, 0.15) is 11.1 Å². The van der Waals surface area contributed by atoms with E-state index >= 15 is 0 Å². The number of rotatable bonds is 3. The van der Waals surface area contributed by atoms with E-state index < -0.39 is 11.7 Å². The Morgan fingerprint density at radius 1 is 1.00 bits per heavy atom. The molecule has 2 rings (SSSR count). The Kier molecular flexibility index (Phi) is 5.27. The fourth-order valence-corrected chi connectivity index (χ4v) is 1.63. The molecule has 0 aliphatic carbocycles. The zero-order valence-corrected chi connectivity index (χ0v) is 11.2. The van der Waals surface area contributed by atoms with Gasteiger partial charge in [0.25, 0.3) is 0 Å². The van der Waals surface area contributed by atoms with Crippen molar-refractivity contribution in [1.29, 1.82) is 0 Å². The summed E-state index contributed by atoms with van der Waals surface area (Å²) >= 11 is 0. The van der Waals surface area contributed by atoms with Gasteiger partial charge in [0.15, 0.2) is 0 Å². The zero-order valence-electron chi connectivity index (χ0n) is 10.4. The van der Waals surface area contributed by atoms with Crippen LogP contribution in [-0.4, -0.2) is 0 Å². The number of benzene rings is 2. The van der Waals surface area contributed by atoms with Gasteiger partial charge in [-0.2, -0.15) is 13.2 Å². The summed E-state index contributed by atoms with van der Waals surface area (Å²) in [4.78, 5) is 0. The molecule has 108 valence electrons. The van der Waals surface area contributed by atoms with E-state index in [-0.39, 0.29) is 30.5 Å². The summed E-state index contributed by atoms with van der Waals surface area (Å²) in [5, 5.41) is 0. The van der Waals surface area contributed by atoms with E-state index in [1.54, 1.807) is 24.3 Å². The first-order valence-electron chi connectivity index (χ1n) is 5.60. The lowest BCUT2D eigenvalue weighted by Crippen LogP contribution is -2.09. The van der Waals surface area contributed by atoms with Gasteiger partial charge in [0.2, 0.25) is 0 Å². The molecule has 0 heterocycles. The summed E-state index contributed by atoms with van der Waals surface area (Å²) in [5.74, 6) is -0.217. The second-order valence-corrected chi connectivity index (χ2v) is 4.03. The van der Waals surface area contributed by atoms with E-state index in [0.29, 0.717) is 0 Å². The Hall–Kier alpha value is -1.88.